The number of nitrogens with one attached hydrogen (secondary N) is 1. The zero-order valence-corrected chi connectivity index (χ0v) is 15.2. The highest BCUT2D eigenvalue weighted by atomic mass is 32.2. The summed E-state index contributed by atoms with van der Waals surface area (Å²) in [5.41, 5.74) is 1.75. The Hall–Kier alpha value is -2.14. The number of carbonyl (C=O) groups is 1. The van der Waals surface area contributed by atoms with Crippen LogP contribution in [0.1, 0.15) is 38.2 Å². The van der Waals surface area contributed by atoms with E-state index in [9.17, 15) is 13.2 Å². The Morgan fingerprint density at radius 1 is 1.04 bits per heavy atom. The molecule has 0 spiro atoms. The molecule has 1 amide bonds. The Morgan fingerprint density at radius 2 is 1.72 bits per heavy atom. The molecular weight excluding hydrogens is 334 g/mol. The van der Waals surface area contributed by atoms with Crippen LogP contribution in [0.15, 0.2) is 59.5 Å². The highest BCUT2D eigenvalue weighted by Gasteiger charge is 2.52. The third kappa shape index (κ3) is 3.21. The molecule has 25 heavy (non-hydrogen) atoms. The van der Waals surface area contributed by atoms with Crippen molar-refractivity contribution >= 4 is 21.4 Å². The van der Waals surface area contributed by atoms with E-state index in [1.165, 1.54) is 0 Å². The summed E-state index contributed by atoms with van der Waals surface area (Å²) in [7, 11) is -3.75. The van der Waals surface area contributed by atoms with Crippen LogP contribution in [0.5, 0.6) is 0 Å². The fourth-order valence-corrected chi connectivity index (χ4v) is 5.59. The molecule has 5 heteroatoms. The van der Waals surface area contributed by atoms with Crippen LogP contribution in [0.3, 0.4) is 0 Å². The molecule has 0 radical (unpaired) electrons. The van der Waals surface area contributed by atoms with Crippen LogP contribution in [0.2, 0.25) is 0 Å². The molecule has 1 aliphatic rings. The summed E-state index contributed by atoms with van der Waals surface area (Å²) in [6.07, 6.45) is 3.08. The minimum atomic E-state index is -3.75. The molecule has 0 bridgehead atoms. The van der Waals surface area contributed by atoms with Crippen LogP contribution in [0.4, 0.5) is 5.69 Å². The first-order valence-corrected chi connectivity index (χ1v) is 10.2. The van der Waals surface area contributed by atoms with Crippen LogP contribution in [-0.4, -0.2) is 19.1 Å². The van der Waals surface area contributed by atoms with Gasteiger partial charge in [-0.15, -0.1) is 0 Å². The first kappa shape index (κ1) is 17.7. The summed E-state index contributed by atoms with van der Waals surface area (Å²) < 4.78 is 25.1. The minimum Gasteiger partial charge on any atom is -0.325 e. The van der Waals surface area contributed by atoms with E-state index in [1.807, 2.05) is 25.1 Å². The van der Waals surface area contributed by atoms with E-state index in [1.54, 1.807) is 36.4 Å². The minimum absolute atomic E-state index is 0.217. The SMILES string of the molecule is CCc1cccc(NC(=O)C2(S(=O)(=O)c3ccccc3)CCCC2)c1. The summed E-state index contributed by atoms with van der Waals surface area (Å²) in [5, 5.41) is 2.86. The molecule has 2 aromatic rings. The van der Waals surface area contributed by atoms with Gasteiger partial charge in [0.05, 0.1) is 4.90 Å². The molecular formula is C20H23NO3S. The topological polar surface area (TPSA) is 63.2 Å². The molecule has 1 saturated carbocycles. The number of sulfone groups is 1. The molecule has 4 nitrogen and oxygen atoms in total. The number of carbonyl (C=O) groups excluding carboxylic acids is 1. The predicted molar refractivity (Wildman–Crippen MR) is 99.3 cm³/mol. The van der Waals surface area contributed by atoms with E-state index in [2.05, 4.69) is 5.32 Å². The van der Waals surface area contributed by atoms with Gasteiger partial charge in [0.1, 0.15) is 0 Å². The lowest BCUT2D eigenvalue weighted by Gasteiger charge is -2.27. The second kappa shape index (κ2) is 7.00. The molecule has 0 heterocycles. The van der Waals surface area contributed by atoms with E-state index < -0.39 is 20.5 Å². The van der Waals surface area contributed by atoms with Crippen molar-refractivity contribution in [2.75, 3.05) is 5.32 Å². The van der Waals surface area contributed by atoms with Crippen molar-refractivity contribution in [1.29, 1.82) is 0 Å². The summed E-state index contributed by atoms with van der Waals surface area (Å²) in [6, 6.07) is 15.9. The molecule has 1 N–H and O–H groups in total. The molecule has 2 aromatic carbocycles. The molecule has 1 fully saturated rings. The van der Waals surface area contributed by atoms with Gasteiger partial charge in [0, 0.05) is 5.69 Å². The van der Waals surface area contributed by atoms with E-state index >= 15 is 0 Å². The molecule has 0 unspecified atom stereocenters. The van der Waals surface area contributed by atoms with E-state index in [0.29, 0.717) is 18.5 Å². The van der Waals surface area contributed by atoms with Crippen molar-refractivity contribution in [3.63, 3.8) is 0 Å². The molecule has 0 saturated heterocycles. The Balaban J connectivity index is 1.96. The van der Waals surface area contributed by atoms with Gasteiger partial charge < -0.3 is 5.32 Å². The Morgan fingerprint density at radius 3 is 2.36 bits per heavy atom. The second-order valence-electron chi connectivity index (χ2n) is 6.53. The third-order valence-corrected chi connectivity index (χ3v) is 7.50. The van der Waals surface area contributed by atoms with Crippen molar-refractivity contribution in [3.8, 4) is 0 Å². The molecule has 0 aliphatic heterocycles. The van der Waals surface area contributed by atoms with Crippen molar-refractivity contribution in [2.24, 2.45) is 0 Å². The number of aryl methyl sites for hydroxylation is 1. The lowest BCUT2D eigenvalue weighted by Crippen LogP contribution is -2.47. The molecule has 0 atom stereocenters. The number of hydrogen-bond acceptors (Lipinski definition) is 3. The largest absolute Gasteiger partial charge is 0.325 e. The van der Waals surface area contributed by atoms with Crippen LogP contribution in [-0.2, 0) is 21.1 Å². The normalized spacial score (nSPS) is 16.5. The van der Waals surface area contributed by atoms with Crippen molar-refractivity contribution in [1.82, 2.24) is 0 Å². The molecule has 0 aromatic heterocycles. The average molecular weight is 357 g/mol. The van der Waals surface area contributed by atoms with Gasteiger partial charge in [-0.05, 0) is 49.1 Å². The maximum absolute atomic E-state index is 13.3. The monoisotopic (exact) mass is 357 g/mol. The highest BCUT2D eigenvalue weighted by molar-refractivity contribution is 7.93. The average Bonchev–Trinajstić information content (AvgIpc) is 3.14. The zero-order chi connectivity index (χ0) is 17.9. The predicted octanol–water partition coefficient (Wildman–Crippen LogP) is 3.97. The van der Waals surface area contributed by atoms with Crippen molar-refractivity contribution in [3.05, 3.63) is 60.2 Å². The van der Waals surface area contributed by atoms with Gasteiger partial charge >= 0.3 is 0 Å². The van der Waals surface area contributed by atoms with Crippen LogP contribution in [0.25, 0.3) is 0 Å². The standard InChI is InChI=1S/C20H23NO3S/c1-2-16-9-8-10-17(15-16)21-19(22)20(13-6-7-14-20)25(23,24)18-11-4-3-5-12-18/h3-5,8-12,15H,2,6-7,13-14H2,1H3,(H,21,22). The van der Waals surface area contributed by atoms with Crippen molar-refractivity contribution < 1.29 is 13.2 Å². The fourth-order valence-electron chi connectivity index (χ4n) is 3.50. The Kier molecular flexibility index (Phi) is 4.95. The van der Waals surface area contributed by atoms with Gasteiger partial charge in [0.25, 0.3) is 0 Å². The van der Waals surface area contributed by atoms with Crippen LogP contribution < -0.4 is 5.32 Å². The number of benzene rings is 2. The first-order chi connectivity index (χ1) is 12.0. The van der Waals surface area contributed by atoms with Gasteiger partial charge in [0.2, 0.25) is 5.91 Å². The summed E-state index contributed by atoms with van der Waals surface area (Å²) in [5.74, 6) is -0.415. The number of hydrogen-bond donors (Lipinski definition) is 1. The fraction of sp³-hybridized carbons (Fsp3) is 0.350. The maximum Gasteiger partial charge on any atom is 0.246 e. The lowest BCUT2D eigenvalue weighted by molar-refractivity contribution is -0.118. The van der Waals surface area contributed by atoms with Crippen molar-refractivity contribution in [2.45, 2.75) is 48.7 Å². The van der Waals surface area contributed by atoms with Gasteiger partial charge in [-0.2, -0.15) is 0 Å². The summed E-state index contributed by atoms with van der Waals surface area (Å²) in [6.45, 7) is 2.04. The first-order valence-electron chi connectivity index (χ1n) is 8.70. The van der Waals surface area contributed by atoms with Gasteiger partial charge in [-0.3, -0.25) is 4.79 Å². The summed E-state index contributed by atoms with van der Waals surface area (Å²) >= 11 is 0. The summed E-state index contributed by atoms with van der Waals surface area (Å²) in [4.78, 5) is 13.3. The van der Waals surface area contributed by atoms with Gasteiger partial charge in [-0.25, -0.2) is 8.42 Å². The van der Waals surface area contributed by atoms with E-state index in [-0.39, 0.29) is 4.90 Å². The number of rotatable bonds is 5. The second-order valence-corrected chi connectivity index (χ2v) is 8.79. The zero-order valence-electron chi connectivity index (χ0n) is 14.4. The highest BCUT2D eigenvalue weighted by Crippen LogP contribution is 2.41. The number of anilines is 1. The van der Waals surface area contributed by atoms with Gasteiger partial charge in [-0.1, -0.05) is 50.1 Å². The molecule has 132 valence electrons. The smallest absolute Gasteiger partial charge is 0.246 e. The maximum atomic E-state index is 13.3. The molecule has 1 aliphatic carbocycles. The Bertz CT molecular complexity index is 854. The van der Waals surface area contributed by atoms with Crippen LogP contribution in [0, 0.1) is 0 Å². The van der Waals surface area contributed by atoms with Gasteiger partial charge in [0.15, 0.2) is 14.6 Å². The number of amides is 1. The third-order valence-electron chi connectivity index (χ3n) is 4.99. The van der Waals surface area contributed by atoms with E-state index in [0.717, 1.165) is 24.8 Å². The Labute approximate surface area is 149 Å². The van der Waals surface area contributed by atoms with Crippen LogP contribution >= 0.6 is 0 Å². The van der Waals surface area contributed by atoms with E-state index in [4.69, 9.17) is 0 Å². The quantitative estimate of drug-likeness (QED) is 0.880. The molecule has 3 rings (SSSR count). The lowest BCUT2D eigenvalue weighted by atomic mass is 10.1.